The van der Waals surface area contributed by atoms with Crippen LogP contribution in [-0.4, -0.2) is 0 Å². The smallest absolute Gasteiger partial charge is 0.0490 e. The maximum absolute atomic E-state index is 2.42. The minimum absolute atomic E-state index is 0.0111. The lowest BCUT2D eigenvalue weighted by atomic mass is 9.81. The first-order chi connectivity index (χ1) is 24.3. The number of aryl methyl sites for hydroxylation is 2. The van der Waals surface area contributed by atoms with Crippen molar-refractivity contribution in [3.05, 3.63) is 185 Å². The third-order valence-electron chi connectivity index (χ3n) is 10.8. The van der Waals surface area contributed by atoms with E-state index in [4.69, 9.17) is 0 Å². The maximum atomic E-state index is 2.42. The Bertz CT molecular complexity index is 2590. The zero-order chi connectivity index (χ0) is 34.0. The number of benzene rings is 8. The van der Waals surface area contributed by atoms with Crippen molar-refractivity contribution in [1.29, 1.82) is 0 Å². The normalized spacial score (nSPS) is 13.3. The zero-order valence-electron chi connectivity index (χ0n) is 29.0. The predicted molar refractivity (Wildman–Crippen MR) is 216 cm³/mol. The molecule has 0 bridgehead atoms. The van der Waals surface area contributed by atoms with Crippen LogP contribution in [0.15, 0.2) is 152 Å². The van der Waals surface area contributed by atoms with Gasteiger partial charge in [0.25, 0.3) is 0 Å². The average Bonchev–Trinajstić information content (AvgIpc) is 3.38. The highest BCUT2D eigenvalue weighted by Gasteiger charge is 2.34. The van der Waals surface area contributed by atoms with Gasteiger partial charge in [-0.05, 0) is 133 Å². The molecule has 9 rings (SSSR count). The molecule has 240 valence electrons. The molecule has 1 aliphatic carbocycles. The quantitative estimate of drug-likeness (QED) is 0.129. The number of para-hydroxylation sites is 2. The fraction of sp³-hybridized carbons (Fsp3) is 0.102. The van der Waals surface area contributed by atoms with Crippen molar-refractivity contribution in [1.82, 2.24) is 0 Å². The molecule has 8 aromatic carbocycles. The molecule has 0 atom stereocenters. The summed E-state index contributed by atoms with van der Waals surface area (Å²) in [4.78, 5) is 2.38. The number of rotatable bonds is 6. The average molecular weight is 642 g/mol. The molecule has 0 aliphatic heterocycles. The third kappa shape index (κ3) is 4.92. The van der Waals surface area contributed by atoms with E-state index in [-0.39, 0.29) is 5.41 Å². The molecule has 0 N–H and O–H groups in total. The molecule has 0 unspecified atom stereocenters. The van der Waals surface area contributed by atoms with Crippen molar-refractivity contribution in [3.63, 3.8) is 0 Å². The van der Waals surface area contributed by atoms with Gasteiger partial charge in [-0.2, -0.15) is 0 Å². The number of hydrogen-bond acceptors (Lipinski definition) is 1. The van der Waals surface area contributed by atoms with Crippen LogP contribution in [0, 0.1) is 13.8 Å². The summed E-state index contributed by atoms with van der Waals surface area (Å²) in [6.45, 7) is 9.10. The second-order valence-electron chi connectivity index (χ2n) is 14.4. The van der Waals surface area contributed by atoms with Gasteiger partial charge < -0.3 is 4.90 Å². The number of hydrogen-bond donors (Lipinski definition) is 0. The van der Waals surface area contributed by atoms with Gasteiger partial charge in [0, 0.05) is 22.5 Å². The molecule has 0 radical (unpaired) electrons. The van der Waals surface area contributed by atoms with Gasteiger partial charge >= 0.3 is 0 Å². The Morgan fingerprint density at radius 2 is 1.04 bits per heavy atom. The standard InChI is InChI=1S/C49H39N/c1-32-10-5-7-14-45(32)50(46-15-8-6-11-33(46)2)42-27-26-38-28-35(20-23-39(38)30-42)17-16-34-18-21-36(22-19-34)41-29-40-25-24-37-12-9-13-43-47(37)48(40)44(31-41)49(43,3)4/h5-31H,1-4H3/b17-16+. The first-order valence-corrected chi connectivity index (χ1v) is 17.6. The monoisotopic (exact) mass is 641 g/mol. The summed E-state index contributed by atoms with van der Waals surface area (Å²) in [6.07, 6.45) is 4.44. The summed E-state index contributed by atoms with van der Waals surface area (Å²) < 4.78 is 0. The fourth-order valence-electron chi connectivity index (χ4n) is 8.08. The second kappa shape index (κ2) is 11.6. The molecule has 0 fully saturated rings. The molecular formula is C49H39N. The number of fused-ring (bicyclic) bond motifs is 1. The van der Waals surface area contributed by atoms with Gasteiger partial charge in [0.2, 0.25) is 0 Å². The van der Waals surface area contributed by atoms with Crippen LogP contribution in [0.2, 0.25) is 0 Å². The first kappa shape index (κ1) is 30.2. The SMILES string of the molecule is Cc1ccccc1N(c1ccc2cc(/C=C/c3ccc(-c4cc5c6c(ccc7cccc(c76)C5(C)C)c4)cc3)ccc2c1)c1ccccc1C. The topological polar surface area (TPSA) is 3.24 Å². The van der Waals surface area contributed by atoms with Crippen LogP contribution in [0.3, 0.4) is 0 Å². The van der Waals surface area contributed by atoms with Crippen molar-refractivity contribution in [3.8, 4) is 11.1 Å². The van der Waals surface area contributed by atoms with Crippen LogP contribution in [0.4, 0.5) is 17.1 Å². The second-order valence-corrected chi connectivity index (χ2v) is 14.4. The molecule has 50 heavy (non-hydrogen) atoms. The molecule has 0 saturated carbocycles. The van der Waals surface area contributed by atoms with E-state index in [1.54, 1.807) is 0 Å². The van der Waals surface area contributed by atoms with Crippen LogP contribution in [0.25, 0.3) is 55.6 Å². The Hall–Kier alpha value is -5.92. The molecule has 1 aliphatic rings. The minimum Gasteiger partial charge on any atom is -0.310 e. The lowest BCUT2D eigenvalue weighted by Crippen LogP contribution is -2.15. The summed E-state index contributed by atoms with van der Waals surface area (Å²) in [5.41, 5.74) is 13.8. The Kier molecular flexibility index (Phi) is 7.00. The highest BCUT2D eigenvalue weighted by molar-refractivity contribution is 6.15. The van der Waals surface area contributed by atoms with E-state index in [9.17, 15) is 0 Å². The van der Waals surface area contributed by atoms with Crippen molar-refractivity contribution in [2.45, 2.75) is 33.1 Å². The van der Waals surface area contributed by atoms with Gasteiger partial charge in [-0.1, -0.05) is 135 Å². The van der Waals surface area contributed by atoms with Crippen LogP contribution < -0.4 is 4.90 Å². The van der Waals surface area contributed by atoms with Crippen LogP contribution >= 0.6 is 0 Å². The number of anilines is 3. The van der Waals surface area contributed by atoms with Crippen LogP contribution in [-0.2, 0) is 5.41 Å². The molecule has 8 aromatic rings. The summed E-state index contributed by atoms with van der Waals surface area (Å²) in [7, 11) is 0. The van der Waals surface area contributed by atoms with Crippen molar-refractivity contribution >= 4 is 61.5 Å². The van der Waals surface area contributed by atoms with Gasteiger partial charge in [0.1, 0.15) is 0 Å². The van der Waals surface area contributed by atoms with Gasteiger partial charge in [0.15, 0.2) is 0 Å². The molecule has 0 aromatic heterocycles. The Balaban J connectivity index is 0.993. The molecule has 1 heteroatoms. The summed E-state index contributed by atoms with van der Waals surface area (Å²) >= 11 is 0. The molecule has 1 nitrogen and oxygen atoms in total. The summed E-state index contributed by atoms with van der Waals surface area (Å²) in [6, 6.07) is 55.9. The van der Waals surface area contributed by atoms with E-state index in [0.717, 1.165) is 5.69 Å². The van der Waals surface area contributed by atoms with Crippen LogP contribution in [0.1, 0.15) is 47.2 Å². The van der Waals surface area contributed by atoms with E-state index in [0.29, 0.717) is 0 Å². The molecule has 0 amide bonds. The lowest BCUT2D eigenvalue weighted by Gasteiger charge is -2.28. The van der Waals surface area contributed by atoms with E-state index in [1.807, 2.05) is 0 Å². The van der Waals surface area contributed by atoms with E-state index in [2.05, 4.69) is 196 Å². The Labute approximate surface area is 294 Å². The van der Waals surface area contributed by atoms with E-state index >= 15 is 0 Å². The molecule has 0 spiro atoms. The fourth-order valence-corrected chi connectivity index (χ4v) is 8.08. The highest BCUT2D eigenvalue weighted by atomic mass is 15.1. The molecular weight excluding hydrogens is 603 g/mol. The van der Waals surface area contributed by atoms with Crippen LogP contribution in [0.5, 0.6) is 0 Å². The lowest BCUT2D eigenvalue weighted by molar-refractivity contribution is 0.663. The van der Waals surface area contributed by atoms with Crippen molar-refractivity contribution in [2.24, 2.45) is 0 Å². The van der Waals surface area contributed by atoms with Gasteiger partial charge in [-0.3, -0.25) is 0 Å². The Morgan fingerprint density at radius 1 is 0.440 bits per heavy atom. The summed E-state index contributed by atoms with van der Waals surface area (Å²) in [5, 5.41) is 7.97. The highest BCUT2D eigenvalue weighted by Crippen LogP contribution is 2.50. The van der Waals surface area contributed by atoms with Gasteiger partial charge in [0.05, 0.1) is 0 Å². The van der Waals surface area contributed by atoms with Gasteiger partial charge in [-0.15, -0.1) is 0 Å². The largest absolute Gasteiger partial charge is 0.310 e. The number of nitrogens with zero attached hydrogens (tertiary/aromatic N) is 1. The maximum Gasteiger partial charge on any atom is 0.0490 e. The van der Waals surface area contributed by atoms with Gasteiger partial charge in [-0.25, -0.2) is 0 Å². The van der Waals surface area contributed by atoms with Crippen molar-refractivity contribution in [2.75, 3.05) is 4.90 Å². The minimum atomic E-state index is -0.0111. The van der Waals surface area contributed by atoms with E-state index in [1.165, 1.54) is 88.2 Å². The molecule has 0 heterocycles. The first-order valence-electron chi connectivity index (χ1n) is 17.6. The zero-order valence-corrected chi connectivity index (χ0v) is 29.0. The molecule has 0 saturated heterocycles. The third-order valence-corrected chi connectivity index (χ3v) is 10.8. The Morgan fingerprint density at radius 3 is 1.78 bits per heavy atom. The van der Waals surface area contributed by atoms with E-state index < -0.39 is 0 Å². The van der Waals surface area contributed by atoms with Crippen molar-refractivity contribution < 1.29 is 0 Å². The summed E-state index contributed by atoms with van der Waals surface area (Å²) in [5.74, 6) is 0. The predicted octanol–water partition coefficient (Wildman–Crippen LogP) is 13.7.